The van der Waals surface area contributed by atoms with Crippen LogP contribution in [0.25, 0.3) is 0 Å². The van der Waals surface area contributed by atoms with Gasteiger partial charge in [0.05, 0.1) is 6.33 Å². The summed E-state index contributed by atoms with van der Waals surface area (Å²) in [5.41, 5.74) is 2.68. The first-order valence-corrected chi connectivity index (χ1v) is 5.43. The Morgan fingerprint density at radius 1 is 1.35 bits per heavy atom. The van der Waals surface area contributed by atoms with Gasteiger partial charge in [0.1, 0.15) is 17.1 Å². The summed E-state index contributed by atoms with van der Waals surface area (Å²) in [6.07, 6.45) is 7.09. The predicted molar refractivity (Wildman–Crippen MR) is 61.3 cm³/mol. The number of ketones is 1. The Bertz CT molecular complexity index is 605. The van der Waals surface area contributed by atoms with E-state index in [-0.39, 0.29) is 5.78 Å². The number of rotatable bonds is 0. The van der Waals surface area contributed by atoms with Gasteiger partial charge in [0.2, 0.25) is 5.78 Å². The second-order valence-electron chi connectivity index (χ2n) is 4.14. The smallest absolute Gasteiger partial charge is 0.212 e. The first-order chi connectivity index (χ1) is 8.24. The van der Waals surface area contributed by atoms with Crippen molar-refractivity contribution >= 4 is 11.5 Å². The molecule has 1 aromatic heterocycles. The maximum atomic E-state index is 12.3. The molecule has 0 aromatic carbocycles. The van der Waals surface area contributed by atoms with E-state index in [0.29, 0.717) is 28.2 Å². The van der Waals surface area contributed by atoms with Gasteiger partial charge in [-0.05, 0) is 12.8 Å². The van der Waals surface area contributed by atoms with E-state index in [1.165, 1.54) is 0 Å². The number of hydrogen-bond acceptors (Lipinski definition) is 4. The number of nitrogens with zero attached hydrogens (tertiary/aromatic N) is 3. The topological polar surface area (TPSA) is 67.5 Å². The van der Waals surface area contributed by atoms with E-state index < -0.39 is 0 Å². The number of hydrogen-bond donors (Lipinski definition) is 1. The molecule has 5 nitrogen and oxygen atoms in total. The number of Topliss-reactive ketones (excluding diaryl/α,β-unsaturated/α-hetero) is 1. The molecule has 2 aliphatic rings. The van der Waals surface area contributed by atoms with Crippen molar-refractivity contribution in [3.05, 3.63) is 41.0 Å². The number of aromatic nitrogens is 2. The molecular formula is C12H11N3O2. The van der Waals surface area contributed by atoms with Gasteiger partial charge in [0, 0.05) is 18.2 Å². The van der Waals surface area contributed by atoms with Gasteiger partial charge in [0.25, 0.3) is 0 Å². The lowest BCUT2D eigenvalue weighted by atomic mass is 9.83. The van der Waals surface area contributed by atoms with Crippen LogP contribution in [0.15, 0.2) is 34.8 Å². The minimum Gasteiger partial charge on any atom is -0.410 e. The van der Waals surface area contributed by atoms with Crippen molar-refractivity contribution in [2.45, 2.75) is 12.8 Å². The van der Waals surface area contributed by atoms with Crippen molar-refractivity contribution in [2.24, 2.45) is 12.2 Å². The number of oxime groups is 1. The van der Waals surface area contributed by atoms with E-state index in [1.807, 2.05) is 12.2 Å². The van der Waals surface area contributed by atoms with Crippen molar-refractivity contribution in [1.29, 1.82) is 0 Å². The Morgan fingerprint density at radius 2 is 2.06 bits per heavy atom. The molecule has 17 heavy (non-hydrogen) atoms. The van der Waals surface area contributed by atoms with E-state index in [9.17, 15) is 4.79 Å². The number of carbonyl (C=O) groups excluding carboxylic acids is 1. The minimum absolute atomic E-state index is 0.0432. The fourth-order valence-corrected chi connectivity index (χ4v) is 2.34. The molecule has 0 fully saturated rings. The average Bonchev–Trinajstić information content (AvgIpc) is 2.73. The Morgan fingerprint density at radius 3 is 2.76 bits per heavy atom. The largest absolute Gasteiger partial charge is 0.410 e. The van der Waals surface area contributed by atoms with Crippen LogP contribution < -0.4 is 0 Å². The fourth-order valence-electron chi connectivity index (χ4n) is 2.34. The lowest BCUT2D eigenvalue weighted by Crippen LogP contribution is -2.26. The zero-order valence-electron chi connectivity index (χ0n) is 9.34. The molecule has 0 radical (unpaired) electrons. The normalized spacial score (nSPS) is 20.8. The molecule has 2 aliphatic carbocycles. The van der Waals surface area contributed by atoms with Crippen molar-refractivity contribution in [2.75, 3.05) is 0 Å². The zero-order valence-corrected chi connectivity index (χ0v) is 9.34. The standard InChI is InChI=1S/C12H11N3O2/c1-15-6-13-10-9(14-17)7-4-2-3-5-8(7)12(16)11(10)15/h4-6,17H,2-3H2,1H3/b14-9+. The highest BCUT2D eigenvalue weighted by Crippen LogP contribution is 2.32. The van der Waals surface area contributed by atoms with Crippen LogP contribution in [0.4, 0.5) is 0 Å². The van der Waals surface area contributed by atoms with Crippen molar-refractivity contribution < 1.29 is 10.0 Å². The summed E-state index contributed by atoms with van der Waals surface area (Å²) in [7, 11) is 1.76. The first kappa shape index (κ1) is 10.0. The van der Waals surface area contributed by atoms with Crippen LogP contribution in [0.5, 0.6) is 0 Å². The van der Waals surface area contributed by atoms with Crippen LogP contribution >= 0.6 is 0 Å². The summed E-state index contributed by atoms with van der Waals surface area (Å²) in [6.45, 7) is 0. The summed E-state index contributed by atoms with van der Waals surface area (Å²) in [6, 6.07) is 0. The number of carbonyl (C=O) groups is 1. The fraction of sp³-hybridized carbons (Fsp3) is 0.250. The van der Waals surface area contributed by atoms with Gasteiger partial charge in [-0.15, -0.1) is 0 Å². The SMILES string of the molecule is Cn1cnc2c1C(=O)C1=CCCC=C1/C2=N\O. The van der Waals surface area contributed by atoms with Gasteiger partial charge in [-0.25, -0.2) is 4.98 Å². The van der Waals surface area contributed by atoms with Crippen LogP contribution in [-0.2, 0) is 7.05 Å². The van der Waals surface area contributed by atoms with Crippen molar-refractivity contribution in [1.82, 2.24) is 9.55 Å². The van der Waals surface area contributed by atoms with Gasteiger partial charge in [-0.1, -0.05) is 17.3 Å². The molecule has 0 saturated carbocycles. The highest BCUT2D eigenvalue weighted by molar-refractivity contribution is 6.31. The molecule has 0 aliphatic heterocycles. The summed E-state index contributed by atoms with van der Waals surface area (Å²) >= 11 is 0. The molecule has 3 rings (SSSR count). The second kappa shape index (κ2) is 3.41. The van der Waals surface area contributed by atoms with Crippen LogP contribution in [0.2, 0.25) is 0 Å². The van der Waals surface area contributed by atoms with Crippen LogP contribution in [0.1, 0.15) is 29.0 Å². The zero-order chi connectivity index (χ0) is 12.0. The molecule has 1 N–H and O–H groups in total. The van der Waals surface area contributed by atoms with Gasteiger partial charge in [-0.3, -0.25) is 4.79 Å². The lowest BCUT2D eigenvalue weighted by molar-refractivity contribution is 0.102. The van der Waals surface area contributed by atoms with Gasteiger partial charge in [-0.2, -0.15) is 0 Å². The van der Waals surface area contributed by atoms with E-state index in [1.54, 1.807) is 17.9 Å². The van der Waals surface area contributed by atoms with Crippen LogP contribution in [-0.4, -0.2) is 26.3 Å². The molecule has 0 amide bonds. The van der Waals surface area contributed by atoms with E-state index in [4.69, 9.17) is 5.21 Å². The third-order valence-corrected chi connectivity index (χ3v) is 3.13. The number of aryl methyl sites for hydroxylation is 1. The Kier molecular flexibility index (Phi) is 2.01. The quantitative estimate of drug-likeness (QED) is 0.540. The molecule has 1 aromatic rings. The number of imidazole rings is 1. The average molecular weight is 229 g/mol. The second-order valence-corrected chi connectivity index (χ2v) is 4.14. The van der Waals surface area contributed by atoms with E-state index in [0.717, 1.165) is 12.8 Å². The number of allylic oxidation sites excluding steroid dienone is 4. The van der Waals surface area contributed by atoms with Crippen LogP contribution in [0, 0.1) is 0 Å². The molecule has 0 spiro atoms. The van der Waals surface area contributed by atoms with Gasteiger partial charge in [0.15, 0.2) is 0 Å². The molecule has 0 unspecified atom stereocenters. The first-order valence-electron chi connectivity index (χ1n) is 5.43. The Labute approximate surface area is 97.8 Å². The summed E-state index contributed by atoms with van der Waals surface area (Å²) in [4.78, 5) is 16.4. The molecule has 0 saturated heterocycles. The Hall–Kier alpha value is -2.17. The summed E-state index contributed by atoms with van der Waals surface area (Å²) < 4.78 is 1.66. The molecule has 0 bridgehead atoms. The van der Waals surface area contributed by atoms with E-state index >= 15 is 0 Å². The highest BCUT2D eigenvalue weighted by Gasteiger charge is 2.35. The van der Waals surface area contributed by atoms with E-state index in [2.05, 4.69) is 10.1 Å². The summed E-state index contributed by atoms with van der Waals surface area (Å²) in [5, 5.41) is 12.4. The maximum Gasteiger partial charge on any atom is 0.212 e. The van der Waals surface area contributed by atoms with Crippen molar-refractivity contribution in [3.8, 4) is 0 Å². The van der Waals surface area contributed by atoms with Crippen molar-refractivity contribution in [3.63, 3.8) is 0 Å². The maximum absolute atomic E-state index is 12.3. The molecule has 1 heterocycles. The Balaban J connectivity index is 2.33. The molecule has 5 heteroatoms. The molecule has 86 valence electrons. The van der Waals surface area contributed by atoms with Gasteiger partial charge < -0.3 is 9.77 Å². The molecule has 0 atom stereocenters. The summed E-state index contributed by atoms with van der Waals surface area (Å²) in [5.74, 6) is -0.0432. The lowest BCUT2D eigenvalue weighted by Gasteiger charge is -2.21. The monoisotopic (exact) mass is 229 g/mol. The third kappa shape index (κ3) is 1.22. The predicted octanol–water partition coefficient (Wildman–Crippen LogP) is 1.44. The van der Waals surface area contributed by atoms with Gasteiger partial charge >= 0.3 is 0 Å². The van der Waals surface area contributed by atoms with Crippen LogP contribution in [0.3, 0.4) is 0 Å². The number of fused-ring (bicyclic) bond motifs is 2. The molecular weight excluding hydrogens is 218 g/mol. The third-order valence-electron chi connectivity index (χ3n) is 3.13. The minimum atomic E-state index is -0.0432. The highest BCUT2D eigenvalue weighted by atomic mass is 16.4.